The fraction of sp³-hybridized carbons (Fsp3) is 0.0556. The van der Waals surface area contributed by atoms with Gasteiger partial charge in [0.2, 0.25) is 0 Å². The summed E-state index contributed by atoms with van der Waals surface area (Å²) in [6.45, 7) is 0.512. The number of hydrogen-bond acceptors (Lipinski definition) is 3. The molecule has 0 aliphatic carbocycles. The third-order valence-corrected chi connectivity index (χ3v) is 4.17. The molecule has 0 saturated heterocycles. The number of nitrogens with one attached hydrogen (secondary N) is 1. The summed E-state index contributed by atoms with van der Waals surface area (Å²) >= 11 is 7.47. The third-order valence-electron chi connectivity index (χ3n) is 3.18. The van der Waals surface area contributed by atoms with Crippen molar-refractivity contribution in [3.63, 3.8) is 0 Å². The van der Waals surface area contributed by atoms with Crippen molar-refractivity contribution in [2.75, 3.05) is 5.32 Å². The summed E-state index contributed by atoms with van der Waals surface area (Å²) in [4.78, 5) is 12.2. The fourth-order valence-electron chi connectivity index (χ4n) is 2.01. The second kappa shape index (κ2) is 7.31. The van der Waals surface area contributed by atoms with Crippen LogP contribution in [-0.2, 0) is 6.61 Å². The molecule has 0 atom stereocenters. The van der Waals surface area contributed by atoms with E-state index in [1.54, 1.807) is 41.7 Å². The van der Waals surface area contributed by atoms with Crippen LogP contribution in [0.4, 0.5) is 5.69 Å². The molecular formula is C18H14ClNO2S. The molecule has 3 rings (SSSR count). The summed E-state index contributed by atoms with van der Waals surface area (Å²) < 4.78 is 5.73. The van der Waals surface area contributed by atoms with Gasteiger partial charge in [-0.1, -0.05) is 17.7 Å². The van der Waals surface area contributed by atoms with Crippen molar-refractivity contribution in [2.45, 2.75) is 6.61 Å². The van der Waals surface area contributed by atoms with E-state index in [9.17, 15) is 4.79 Å². The van der Waals surface area contributed by atoms with Gasteiger partial charge >= 0.3 is 0 Å². The van der Waals surface area contributed by atoms with E-state index >= 15 is 0 Å². The molecule has 1 heterocycles. The zero-order valence-corrected chi connectivity index (χ0v) is 13.7. The number of anilines is 1. The quantitative estimate of drug-likeness (QED) is 0.688. The number of carbonyl (C=O) groups excluding carboxylic acids is 1. The number of benzene rings is 2. The van der Waals surface area contributed by atoms with Gasteiger partial charge in [0.15, 0.2) is 0 Å². The lowest BCUT2D eigenvalue weighted by molar-refractivity contribution is 0.102. The van der Waals surface area contributed by atoms with Crippen LogP contribution in [0.2, 0.25) is 5.02 Å². The van der Waals surface area contributed by atoms with Gasteiger partial charge in [0.1, 0.15) is 12.4 Å². The zero-order valence-electron chi connectivity index (χ0n) is 12.2. The third kappa shape index (κ3) is 4.34. The molecule has 0 radical (unpaired) electrons. The van der Waals surface area contributed by atoms with Crippen molar-refractivity contribution in [1.29, 1.82) is 0 Å². The number of halogens is 1. The molecule has 0 aliphatic rings. The molecule has 5 heteroatoms. The topological polar surface area (TPSA) is 38.3 Å². The van der Waals surface area contributed by atoms with E-state index in [-0.39, 0.29) is 5.91 Å². The second-order valence-electron chi connectivity index (χ2n) is 4.91. The molecular weight excluding hydrogens is 330 g/mol. The number of carbonyl (C=O) groups is 1. The van der Waals surface area contributed by atoms with Gasteiger partial charge in [-0.3, -0.25) is 4.79 Å². The highest BCUT2D eigenvalue weighted by molar-refractivity contribution is 7.07. The molecule has 0 unspecified atom stereocenters. The highest BCUT2D eigenvalue weighted by Gasteiger charge is 2.06. The van der Waals surface area contributed by atoms with Gasteiger partial charge in [0.25, 0.3) is 5.91 Å². The first kappa shape index (κ1) is 15.6. The maximum Gasteiger partial charge on any atom is 0.255 e. The van der Waals surface area contributed by atoms with E-state index in [4.69, 9.17) is 16.3 Å². The van der Waals surface area contributed by atoms with Crippen LogP contribution < -0.4 is 10.1 Å². The van der Waals surface area contributed by atoms with Crippen LogP contribution in [0.25, 0.3) is 0 Å². The van der Waals surface area contributed by atoms with Crippen LogP contribution in [0.3, 0.4) is 0 Å². The highest BCUT2D eigenvalue weighted by Crippen LogP contribution is 2.20. The highest BCUT2D eigenvalue weighted by atomic mass is 35.5. The normalized spacial score (nSPS) is 10.3. The Morgan fingerprint density at radius 2 is 1.96 bits per heavy atom. The molecule has 116 valence electrons. The first-order valence-electron chi connectivity index (χ1n) is 7.01. The van der Waals surface area contributed by atoms with E-state index in [0.29, 0.717) is 28.6 Å². The Morgan fingerprint density at radius 1 is 1.13 bits per heavy atom. The van der Waals surface area contributed by atoms with Gasteiger partial charge in [-0.05, 0) is 58.8 Å². The largest absolute Gasteiger partial charge is 0.489 e. The van der Waals surface area contributed by atoms with Crippen LogP contribution >= 0.6 is 22.9 Å². The minimum absolute atomic E-state index is 0.184. The molecule has 1 amide bonds. The number of rotatable bonds is 5. The monoisotopic (exact) mass is 343 g/mol. The van der Waals surface area contributed by atoms with E-state index in [1.807, 2.05) is 35.0 Å². The molecule has 3 nitrogen and oxygen atoms in total. The average Bonchev–Trinajstić information content (AvgIpc) is 3.07. The Balaban J connectivity index is 1.65. The molecule has 23 heavy (non-hydrogen) atoms. The lowest BCUT2D eigenvalue weighted by Gasteiger charge is -2.09. The summed E-state index contributed by atoms with van der Waals surface area (Å²) in [5.74, 6) is 0.529. The van der Waals surface area contributed by atoms with Crippen molar-refractivity contribution in [3.8, 4) is 5.75 Å². The Kier molecular flexibility index (Phi) is 4.95. The predicted molar refractivity (Wildman–Crippen MR) is 94.5 cm³/mol. The van der Waals surface area contributed by atoms with Crippen molar-refractivity contribution in [2.24, 2.45) is 0 Å². The van der Waals surface area contributed by atoms with E-state index in [1.165, 1.54) is 0 Å². The molecule has 0 bridgehead atoms. The van der Waals surface area contributed by atoms with Crippen molar-refractivity contribution in [1.82, 2.24) is 0 Å². The summed E-state index contributed by atoms with van der Waals surface area (Å²) in [6.07, 6.45) is 0. The summed E-state index contributed by atoms with van der Waals surface area (Å²) in [7, 11) is 0. The molecule has 0 fully saturated rings. The van der Waals surface area contributed by atoms with Crippen molar-refractivity contribution >= 4 is 34.5 Å². The lowest BCUT2D eigenvalue weighted by atomic mass is 10.2. The van der Waals surface area contributed by atoms with E-state index in [0.717, 1.165) is 5.56 Å². The van der Waals surface area contributed by atoms with Crippen LogP contribution in [0, 0.1) is 0 Å². The van der Waals surface area contributed by atoms with Gasteiger partial charge in [-0.2, -0.15) is 11.3 Å². The minimum atomic E-state index is -0.184. The molecule has 1 N–H and O–H groups in total. The SMILES string of the molecule is O=C(Nc1cccc(OCc2ccsc2)c1)c1ccc(Cl)cc1. The number of hydrogen-bond donors (Lipinski definition) is 1. The number of amides is 1. The number of ether oxygens (including phenoxy) is 1. The molecule has 0 spiro atoms. The standard InChI is InChI=1S/C18H14ClNO2S/c19-15-6-4-14(5-7-15)18(21)20-16-2-1-3-17(10-16)22-11-13-8-9-23-12-13/h1-10,12H,11H2,(H,20,21). The van der Waals surface area contributed by atoms with Crippen LogP contribution in [0.5, 0.6) is 5.75 Å². The first-order valence-corrected chi connectivity index (χ1v) is 8.34. The van der Waals surface area contributed by atoms with Gasteiger partial charge in [-0.25, -0.2) is 0 Å². The zero-order chi connectivity index (χ0) is 16.1. The van der Waals surface area contributed by atoms with Gasteiger partial charge in [-0.15, -0.1) is 0 Å². The fourth-order valence-corrected chi connectivity index (χ4v) is 2.79. The van der Waals surface area contributed by atoms with Crippen LogP contribution in [0.15, 0.2) is 65.4 Å². The molecule has 1 aromatic heterocycles. The molecule has 0 aliphatic heterocycles. The smallest absolute Gasteiger partial charge is 0.255 e. The summed E-state index contributed by atoms with van der Waals surface area (Å²) in [6, 6.07) is 16.1. The molecule has 3 aromatic rings. The van der Waals surface area contributed by atoms with Crippen molar-refractivity contribution < 1.29 is 9.53 Å². The average molecular weight is 344 g/mol. The van der Waals surface area contributed by atoms with Gasteiger partial charge in [0, 0.05) is 22.3 Å². The van der Waals surface area contributed by atoms with Crippen LogP contribution in [-0.4, -0.2) is 5.91 Å². The molecule has 2 aromatic carbocycles. The predicted octanol–water partition coefficient (Wildman–Crippen LogP) is 5.23. The van der Waals surface area contributed by atoms with E-state index in [2.05, 4.69) is 5.32 Å². The van der Waals surface area contributed by atoms with Gasteiger partial charge in [0.05, 0.1) is 0 Å². The Hall–Kier alpha value is -2.30. The summed E-state index contributed by atoms with van der Waals surface area (Å²) in [5.41, 5.74) is 2.37. The Morgan fingerprint density at radius 3 is 2.70 bits per heavy atom. The van der Waals surface area contributed by atoms with Crippen LogP contribution in [0.1, 0.15) is 15.9 Å². The lowest BCUT2D eigenvalue weighted by Crippen LogP contribution is -2.11. The first-order chi connectivity index (χ1) is 11.2. The Bertz CT molecular complexity index is 785. The van der Waals surface area contributed by atoms with Gasteiger partial charge < -0.3 is 10.1 Å². The maximum atomic E-state index is 12.2. The summed E-state index contributed by atoms with van der Waals surface area (Å²) in [5, 5.41) is 7.52. The van der Waals surface area contributed by atoms with Crippen molar-refractivity contribution in [3.05, 3.63) is 81.5 Å². The number of thiophene rings is 1. The Labute approximate surface area is 143 Å². The maximum absolute atomic E-state index is 12.2. The minimum Gasteiger partial charge on any atom is -0.489 e. The molecule has 0 saturated carbocycles. The second-order valence-corrected chi connectivity index (χ2v) is 6.13. The van der Waals surface area contributed by atoms with E-state index < -0.39 is 0 Å².